The van der Waals surface area contributed by atoms with E-state index in [9.17, 15) is 0 Å². The minimum atomic E-state index is 0.996. The SMILES string of the molecule is c1ccc2c(c1)CSO2. The number of hydrogen-bond donors (Lipinski definition) is 0. The zero-order chi connectivity index (χ0) is 6.10. The van der Waals surface area contributed by atoms with Crippen LogP contribution in [0.4, 0.5) is 0 Å². The Morgan fingerprint density at radius 3 is 3.11 bits per heavy atom. The Labute approximate surface area is 58.2 Å². The maximum absolute atomic E-state index is 5.22. The quantitative estimate of drug-likeness (QED) is 0.508. The fourth-order valence-corrected chi connectivity index (χ4v) is 1.57. The number of fused-ring (bicyclic) bond motifs is 1. The van der Waals surface area contributed by atoms with Crippen LogP contribution in [0.5, 0.6) is 5.75 Å². The van der Waals surface area contributed by atoms with Gasteiger partial charge in [0.2, 0.25) is 0 Å². The van der Waals surface area contributed by atoms with Crippen molar-refractivity contribution in [3.05, 3.63) is 29.8 Å². The van der Waals surface area contributed by atoms with E-state index < -0.39 is 0 Å². The van der Waals surface area contributed by atoms with Crippen molar-refractivity contribution in [2.75, 3.05) is 0 Å². The van der Waals surface area contributed by atoms with Crippen LogP contribution in [0.15, 0.2) is 24.3 Å². The molecular formula is C7H6OS. The van der Waals surface area contributed by atoms with Crippen LogP contribution in [0, 0.1) is 0 Å². The summed E-state index contributed by atoms with van der Waals surface area (Å²) in [4.78, 5) is 0. The molecule has 1 aromatic rings. The van der Waals surface area contributed by atoms with Gasteiger partial charge in [0.05, 0.1) is 17.8 Å². The van der Waals surface area contributed by atoms with Crippen LogP contribution in [-0.2, 0) is 5.75 Å². The Morgan fingerprint density at radius 2 is 2.22 bits per heavy atom. The molecule has 1 aliphatic heterocycles. The highest BCUT2D eigenvalue weighted by molar-refractivity contribution is 7.94. The normalized spacial score (nSPS) is 14.7. The largest absolute Gasteiger partial charge is 0.425 e. The van der Waals surface area contributed by atoms with Gasteiger partial charge < -0.3 is 4.18 Å². The van der Waals surface area contributed by atoms with Gasteiger partial charge in [-0.1, -0.05) is 18.2 Å². The molecule has 46 valence electrons. The van der Waals surface area contributed by atoms with Crippen LogP contribution < -0.4 is 4.18 Å². The lowest BCUT2D eigenvalue weighted by atomic mass is 10.2. The molecule has 0 spiro atoms. The van der Waals surface area contributed by atoms with Gasteiger partial charge in [0.25, 0.3) is 0 Å². The molecule has 0 amide bonds. The number of rotatable bonds is 0. The summed E-state index contributed by atoms with van der Waals surface area (Å²) in [6.07, 6.45) is 0. The first-order valence-electron chi connectivity index (χ1n) is 2.84. The first-order chi connectivity index (χ1) is 4.47. The van der Waals surface area contributed by atoms with Crippen molar-refractivity contribution >= 4 is 12.0 Å². The fourth-order valence-electron chi connectivity index (χ4n) is 0.861. The van der Waals surface area contributed by atoms with Gasteiger partial charge in [0, 0.05) is 5.56 Å². The first-order valence-corrected chi connectivity index (χ1v) is 3.75. The lowest BCUT2D eigenvalue weighted by Gasteiger charge is -1.91. The van der Waals surface area contributed by atoms with E-state index in [1.807, 2.05) is 18.2 Å². The molecule has 9 heavy (non-hydrogen) atoms. The molecule has 2 heteroatoms. The number of para-hydroxylation sites is 1. The fraction of sp³-hybridized carbons (Fsp3) is 0.143. The molecule has 1 heterocycles. The summed E-state index contributed by atoms with van der Waals surface area (Å²) in [6.45, 7) is 0. The monoisotopic (exact) mass is 138 g/mol. The van der Waals surface area contributed by atoms with E-state index in [1.165, 1.54) is 17.6 Å². The summed E-state index contributed by atoms with van der Waals surface area (Å²) >= 11 is 1.50. The van der Waals surface area contributed by atoms with Crippen molar-refractivity contribution in [2.45, 2.75) is 5.75 Å². The zero-order valence-electron chi connectivity index (χ0n) is 4.83. The molecule has 0 saturated heterocycles. The molecule has 1 nitrogen and oxygen atoms in total. The lowest BCUT2D eigenvalue weighted by Crippen LogP contribution is -1.71. The molecule has 0 aliphatic carbocycles. The standard InChI is InChI=1S/C7H6OS/c1-2-4-7-6(3-1)5-9-8-7/h1-4H,5H2. The van der Waals surface area contributed by atoms with Gasteiger partial charge in [-0.3, -0.25) is 0 Å². The van der Waals surface area contributed by atoms with Crippen molar-refractivity contribution in [2.24, 2.45) is 0 Å². The lowest BCUT2D eigenvalue weighted by molar-refractivity contribution is 0.661. The number of benzene rings is 1. The van der Waals surface area contributed by atoms with E-state index in [0.717, 1.165) is 11.5 Å². The van der Waals surface area contributed by atoms with Crippen LogP contribution in [0.1, 0.15) is 5.56 Å². The van der Waals surface area contributed by atoms with Crippen LogP contribution in [0.3, 0.4) is 0 Å². The van der Waals surface area contributed by atoms with E-state index in [4.69, 9.17) is 4.18 Å². The van der Waals surface area contributed by atoms with E-state index in [-0.39, 0.29) is 0 Å². The van der Waals surface area contributed by atoms with E-state index in [1.54, 1.807) is 0 Å². The second kappa shape index (κ2) is 1.95. The average Bonchev–Trinajstić information content (AvgIpc) is 2.33. The predicted octanol–water partition coefficient (Wildman–Crippen LogP) is 2.23. The highest BCUT2D eigenvalue weighted by Crippen LogP contribution is 2.32. The van der Waals surface area contributed by atoms with Crippen molar-refractivity contribution in [3.63, 3.8) is 0 Å². The minimum Gasteiger partial charge on any atom is -0.425 e. The molecule has 0 N–H and O–H groups in total. The highest BCUT2D eigenvalue weighted by atomic mass is 32.2. The Bertz CT molecular complexity index is 199. The Kier molecular flexibility index (Phi) is 1.12. The third-order valence-corrected chi connectivity index (χ3v) is 2.06. The van der Waals surface area contributed by atoms with Gasteiger partial charge in [0.1, 0.15) is 5.75 Å². The second-order valence-electron chi connectivity index (χ2n) is 1.95. The van der Waals surface area contributed by atoms with Crippen molar-refractivity contribution < 1.29 is 4.18 Å². The van der Waals surface area contributed by atoms with Crippen LogP contribution in [0.2, 0.25) is 0 Å². The Hall–Kier alpha value is -0.630. The van der Waals surface area contributed by atoms with Crippen molar-refractivity contribution in [1.82, 2.24) is 0 Å². The Morgan fingerprint density at radius 1 is 1.33 bits per heavy atom. The van der Waals surface area contributed by atoms with Crippen molar-refractivity contribution in [3.8, 4) is 5.75 Å². The van der Waals surface area contributed by atoms with Crippen LogP contribution >= 0.6 is 12.0 Å². The molecule has 0 bridgehead atoms. The maximum Gasteiger partial charge on any atom is 0.141 e. The van der Waals surface area contributed by atoms with Gasteiger partial charge in [0.15, 0.2) is 0 Å². The molecule has 0 saturated carbocycles. The third-order valence-electron chi connectivity index (χ3n) is 1.34. The first kappa shape index (κ1) is 5.18. The topological polar surface area (TPSA) is 9.23 Å². The summed E-state index contributed by atoms with van der Waals surface area (Å²) in [6, 6.07) is 8.11. The molecule has 1 aromatic carbocycles. The number of hydrogen-bond acceptors (Lipinski definition) is 2. The smallest absolute Gasteiger partial charge is 0.141 e. The summed E-state index contributed by atoms with van der Waals surface area (Å²) in [7, 11) is 0. The average molecular weight is 138 g/mol. The Balaban J connectivity index is 2.54. The van der Waals surface area contributed by atoms with Crippen molar-refractivity contribution in [1.29, 1.82) is 0 Å². The molecule has 1 aliphatic rings. The van der Waals surface area contributed by atoms with Gasteiger partial charge in [-0.25, -0.2) is 0 Å². The molecule has 0 aromatic heterocycles. The summed E-state index contributed by atoms with van der Waals surface area (Å²) in [5.74, 6) is 2.03. The van der Waals surface area contributed by atoms with E-state index in [0.29, 0.717) is 0 Å². The zero-order valence-corrected chi connectivity index (χ0v) is 5.65. The van der Waals surface area contributed by atoms with Gasteiger partial charge in [-0.15, -0.1) is 0 Å². The molecule has 0 atom stereocenters. The molecule has 0 fully saturated rings. The van der Waals surface area contributed by atoms with Gasteiger partial charge >= 0.3 is 0 Å². The van der Waals surface area contributed by atoms with Gasteiger partial charge in [-0.05, 0) is 6.07 Å². The predicted molar refractivity (Wildman–Crippen MR) is 38.4 cm³/mol. The second-order valence-corrected chi connectivity index (χ2v) is 2.64. The van der Waals surface area contributed by atoms with Crippen LogP contribution in [0.25, 0.3) is 0 Å². The summed E-state index contributed by atoms with van der Waals surface area (Å²) < 4.78 is 5.22. The maximum atomic E-state index is 5.22. The third kappa shape index (κ3) is 0.793. The van der Waals surface area contributed by atoms with Gasteiger partial charge in [-0.2, -0.15) is 0 Å². The van der Waals surface area contributed by atoms with E-state index in [2.05, 4.69) is 6.07 Å². The highest BCUT2D eigenvalue weighted by Gasteiger charge is 2.10. The molecule has 0 radical (unpaired) electrons. The molecule has 0 unspecified atom stereocenters. The molecular weight excluding hydrogens is 132 g/mol. The minimum absolute atomic E-state index is 0.996. The summed E-state index contributed by atoms with van der Waals surface area (Å²) in [5, 5.41) is 0. The van der Waals surface area contributed by atoms with E-state index >= 15 is 0 Å². The summed E-state index contributed by atoms with van der Waals surface area (Å²) in [5.41, 5.74) is 1.31. The van der Waals surface area contributed by atoms with Crippen LogP contribution in [-0.4, -0.2) is 0 Å². The molecule has 2 rings (SSSR count).